The highest BCUT2D eigenvalue weighted by Gasteiger charge is 2.30. The van der Waals surface area contributed by atoms with Crippen molar-refractivity contribution in [2.45, 2.75) is 45.8 Å². The molecule has 0 heterocycles. The van der Waals surface area contributed by atoms with Crippen molar-refractivity contribution in [2.75, 3.05) is 13.7 Å². The molecule has 0 saturated heterocycles. The SMILES string of the molecule is CCN(C(=O)OC(C)(C)C)C(CC(=O)OC)c1ccccc1. The normalized spacial score (nSPS) is 12.4. The van der Waals surface area contributed by atoms with Crippen LogP contribution in [0, 0.1) is 0 Å². The average Bonchev–Trinajstić information content (AvgIpc) is 2.45. The molecule has 1 amide bonds. The summed E-state index contributed by atoms with van der Waals surface area (Å²) in [5.74, 6) is -0.365. The van der Waals surface area contributed by atoms with E-state index in [2.05, 4.69) is 0 Å². The van der Waals surface area contributed by atoms with Crippen molar-refractivity contribution in [3.8, 4) is 0 Å². The Bertz CT molecular complexity index is 493. The van der Waals surface area contributed by atoms with Crippen LogP contribution in [0.3, 0.4) is 0 Å². The third-order valence-electron chi connectivity index (χ3n) is 3.12. The maximum Gasteiger partial charge on any atom is 0.410 e. The van der Waals surface area contributed by atoms with E-state index in [9.17, 15) is 9.59 Å². The molecule has 0 aromatic heterocycles. The van der Waals surface area contributed by atoms with Crippen molar-refractivity contribution in [2.24, 2.45) is 0 Å². The second-order valence-electron chi connectivity index (χ2n) is 5.97. The van der Waals surface area contributed by atoms with Gasteiger partial charge in [-0.25, -0.2) is 4.79 Å². The number of carbonyl (C=O) groups is 2. The van der Waals surface area contributed by atoms with Gasteiger partial charge in [0.2, 0.25) is 0 Å². The summed E-state index contributed by atoms with van der Waals surface area (Å²) in [6.07, 6.45) is -0.346. The van der Waals surface area contributed by atoms with Gasteiger partial charge < -0.3 is 14.4 Å². The van der Waals surface area contributed by atoms with Gasteiger partial charge in [0.1, 0.15) is 5.60 Å². The third kappa shape index (κ3) is 5.39. The molecule has 1 unspecified atom stereocenters. The van der Waals surface area contributed by atoms with E-state index >= 15 is 0 Å². The van der Waals surface area contributed by atoms with Gasteiger partial charge in [-0.2, -0.15) is 0 Å². The van der Waals surface area contributed by atoms with E-state index in [4.69, 9.17) is 9.47 Å². The summed E-state index contributed by atoms with van der Waals surface area (Å²) in [5, 5.41) is 0. The van der Waals surface area contributed by atoms with E-state index in [0.29, 0.717) is 6.54 Å². The zero-order valence-corrected chi connectivity index (χ0v) is 14.0. The fourth-order valence-electron chi connectivity index (χ4n) is 2.12. The summed E-state index contributed by atoms with van der Waals surface area (Å²) in [5.41, 5.74) is 0.289. The fraction of sp³-hybridized carbons (Fsp3) is 0.529. The Morgan fingerprint density at radius 2 is 1.77 bits per heavy atom. The molecule has 5 heteroatoms. The minimum atomic E-state index is -0.586. The highest BCUT2D eigenvalue weighted by Crippen LogP contribution is 2.26. The van der Waals surface area contributed by atoms with E-state index in [0.717, 1.165) is 5.56 Å². The molecule has 0 saturated carbocycles. The van der Waals surface area contributed by atoms with Crippen LogP contribution in [0.4, 0.5) is 4.79 Å². The molecular formula is C17H25NO4. The predicted molar refractivity (Wildman–Crippen MR) is 84.4 cm³/mol. The number of carbonyl (C=O) groups excluding carboxylic acids is 2. The van der Waals surface area contributed by atoms with Gasteiger partial charge in [0, 0.05) is 6.54 Å². The first-order valence-electron chi connectivity index (χ1n) is 7.40. The second kappa shape index (κ2) is 7.82. The number of ether oxygens (including phenoxy) is 2. The van der Waals surface area contributed by atoms with E-state index in [1.807, 2.05) is 58.0 Å². The molecular weight excluding hydrogens is 282 g/mol. The van der Waals surface area contributed by atoms with E-state index in [1.54, 1.807) is 4.90 Å². The van der Waals surface area contributed by atoms with E-state index in [-0.39, 0.29) is 12.4 Å². The molecule has 0 bridgehead atoms. The zero-order chi connectivity index (χ0) is 16.8. The number of esters is 1. The number of hydrogen-bond donors (Lipinski definition) is 0. The largest absolute Gasteiger partial charge is 0.469 e. The highest BCUT2D eigenvalue weighted by molar-refractivity contribution is 5.73. The Hall–Kier alpha value is -2.04. The van der Waals surface area contributed by atoms with E-state index < -0.39 is 17.7 Å². The first-order valence-corrected chi connectivity index (χ1v) is 7.40. The number of nitrogens with zero attached hydrogens (tertiary/aromatic N) is 1. The molecule has 5 nitrogen and oxygen atoms in total. The summed E-state index contributed by atoms with van der Waals surface area (Å²) in [4.78, 5) is 25.7. The maximum atomic E-state index is 12.4. The van der Waals surface area contributed by atoms with Crippen LogP contribution in [0.15, 0.2) is 30.3 Å². The summed E-state index contributed by atoms with van der Waals surface area (Å²) < 4.78 is 10.2. The molecule has 0 aliphatic rings. The molecule has 0 N–H and O–H groups in total. The Labute approximate surface area is 132 Å². The molecule has 1 aromatic rings. The van der Waals surface area contributed by atoms with Gasteiger partial charge in [0.05, 0.1) is 19.6 Å². The molecule has 0 fully saturated rings. The summed E-state index contributed by atoms with van der Waals surface area (Å²) >= 11 is 0. The monoisotopic (exact) mass is 307 g/mol. The second-order valence-corrected chi connectivity index (χ2v) is 5.97. The first kappa shape index (κ1) is 18.0. The fourth-order valence-corrected chi connectivity index (χ4v) is 2.12. The lowest BCUT2D eigenvalue weighted by molar-refractivity contribution is -0.142. The number of rotatable bonds is 5. The summed E-state index contributed by atoms with van der Waals surface area (Å²) in [6.45, 7) is 7.74. The van der Waals surface area contributed by atoms with Crippen molar-refractivity contribution in [1.82, 2.24) is 4.90 Å². The Morgan fingerprint density at radius 3 is 2.23 bits per heavy atom. The Balaban J connectivity index is 3.06. The van der Waals surface area contributed by atoms with Crippen LogP contribution in [0.25, 0.3) is 0 Å². The topological polar surface area (TPSA) is 55.8 Å². The molecule has 0 aliphatic heterocycles. The summed E-state index contributed by atoms with van der Waals surface area (Å²) in [6, 6.07) is 9.02. The standard InChI is InChI=1S/C17H25NO4/c1-6-18(16(20)22-17(2,3)4)14(12-15(19)21-5)13-10-8-7-9-11-13/h7-11,14H,6,12H2,1-5H3. The van der Waals surface area contributed by atoms with Gasteiger partial charge in [-0.15, -0.1) is 0 Å². The minimum Gasteiger partial charge on any atom is -0.469 e. The van der Waals surface area contributed by atoms with Gasteiger partial charge in [0.15, 0.2) is 0 Å². The number of methoxy groups -OCH3 is 1. The molecule has 1 rings (SSSR count). The average molecular weight is 307 g/mol. The van der Waals surface area contributed by atoms with Crippen molar-refractivity contribution >= 4 is 12.1 Å². The number of benzene rings is 1. The maximum absolute atomic E-state index is 12.4. The van der Waals surface area contributed by atoms with Crippen LogP contribution in [-0.4, -0.2) is 36.2 Å². The predicted octanol–water partition coefficient (Wildman–Crippen LogP) is 3.55. The molecule has 1 atom stereocenters. The number of amides is 1. The molecule has 0 aliphatic carbocycles. The van der Waals surface area contributed by atoms with Crippen molar-refractivity contribution in [1.29, 1.82) is 0 Å². The van der Waals surface area contributed by atoms with Gasteiger partial charge >= 0.3 is 12.1 Å². The van der Waals surface area contributed by atoms with Crippen LogP contribution in [-0.2, 0) is 14.3 Å². The molecule has 0 spiro atoms. The molecule has 0 radical (unpaired) electrons. The van der Waals surface area contributed by atoms with Crippen LogP contribution in [0.2, 0.25) is 0 Å². The third-order valence-corrected chi connectivity index (χ3v) is 3.12. The smallest absolute Gasteiger partial charge is 0.410 e. The first-order chi connectivity index (χ1) is 10.3. The van der Waals surface area contributed by atoms with Crippen LogP contribution >= 0.6 is 0 Å². The molecule has 1 aromatic carbocycles. The lowest BCUT2D eigenvalue weighted by Gasteiger charge is -2.32. The van der Waals surface area contributed by atoms with Crippen LogP contribution in [0.1, 0.15) is 45.7 Å². The van der Waals surface area contributed by atoms with Crippen molar-refractivity contribution in [3.63, 3.8) is 0 Å². The van der Waals surface area contributed by atoms with Crippen molar-refractivity contribution < 1.29 is 19.1 Å². The van der Waals surface area contributed by atoms with Gasteiger partial charge in [-0.05, 0) is 33.3 Å². The van der Waals surface area contributed by atoms with Gasteiger partial charge in [0.25, 0.3) is 0 Å². The Morgan fingerprint density at radius 1 is 1.18 bits per heavy atom. The zero-order valence-electron chi connectivity index (χ0n) is 14.0. The van der Waals surface area contributed by atoms with Crippen molar-refractivity contribution in [3.05, 3.63) is 35.9 Å². The lowest BCUT2D eigenvalue weighted by atomic mass is 10.0. The number of hydrogen-bond acceptors (Lipinski definition) is 4. The molecule has 22 heavy (non-hydrogen) atoms. The lowest BCUT2D eigenvalue weighted by Crippen LogP contribution is -2.40. The quantitative estimate of drug-likeness (QED) is 0.781. The van der Waals surface area contributed by atoms with Gasteiger partial charge in [-0.1, -0.05) is 30.3 Å². The molecule has 122 valence electrons. The summed E-state index contributed by atoms with van der Waals surface area (Å²) in [7, 11) is 1.34. The Kier molecular flexibility index (Phi) is 6.40. The minimum absolute atomic E-state index is 0.0909. The van der Waals surface area contributed by atoms with Gasteiger partial charge in [-0.3, -0.25) is 4.79 Å². The van der Waals surface area contributed by atoms with E-state index in [1.165, 1.54) is 7.11 Å². The highest BCUT2D eigenvalue weighted by atomic mass is 16.6. The van der Waals surface area contributed by atoms with Crippen LogP contribution in [0.5, 0.6) is 0 Å². The van der Waals surface area contributed by atoms with Crippen LogP contribution < -0.4 is 0 Å².